The Morgan fingerprint density at radius 2 is 1.96 bits per heavy atom. The van der Waals surface area contributed by atoms with Crippen molar-refractivity contribution in [2.45, 2.75) is 45.8 Å². The molecule has 1 aromatic carbocycles. The number of nitro groups is 1. The van der Waals surface area contributed by atoms with Crippen molar-refractivity contribution in [3.63, 3.8) is 0 Å². The van der Waals surface area contributed by atoms with Gasteiger partial charge in [-0.2, -0.15) is 0 Å². The summed E-state index contributed by atoms with van der Waals surface area (Å²) < 4.78 is 15.3. The van der Waals surface area contributed by atoms with Crippen LogP contribution in [0.25, 0.3) is 0 Å². The first kappa shape index (κ1) is 21.2. The summed E-state index contributed by atoms with van der Waals surface area (Å²) in [5.41, 5.74) is -0.807. The molecule has 0 saturated heterocycles. The van der Waals surface area contributed by atoms with E-state index in [9.17, 15) is 19.7 Å². The van der Waals surface area contributed by atoms with Crippen molar-refractivity contribution in [2.75, 3.05) is 13.7 Å². The van der Waals surface area contributed by atoms with Crippen LogP contribution in [0.1, 0.15) is 33.3 Å². The van der Waals surface area contributed by atoms with Crippen LogP contribution in [0.5, 0.6) is 5.75 Å². The molecule has 1 aromatic rings. The summed E-state index contributed by atoms with van der Waals surface area (Å²) in [6.45, 7) is 6.75. The van der Waals surface area contributed by atoms with Gasteiger partial charge in [-0.1, -0.05) is 6.07 Å². The van der Waals surface area contributed by atoms with Gasteiger partial charge in [0.15, 0.2) is 0 Å². The first-order valence-electron chi connectivity index (χ1n) is 8.05. The van der Waals surface area contributed by atoms with Crippen LogP contribution in [0.15, 0.2) is 18.2 Å². The lowest BCUT2D eigenvalue weighted by atomic mass is 10.0. The molecule has 1 unspecified atom stereocenters. The van der Waals surface area contributed by atoms with Crippen molar-refractivity contribution in [3.8, 4) is 5.75 Å². The number of benzene rings is 1. The Labute approximate surface area is 151 Å². The Morgan fingerprint density at radius 3 is 2.46 bits per heavy atom. The number of hydrogen-bond donors (Lipinski definition) is 1. The molecule has 1 N–H and O–H groups in total. The Balaban J connectivity index is 3.16. The number of amides is 1. The number of methoxy groups -OCH3 is 1. The van der Waals surface area contributed by atoms with Gasteiger partial charge < -0.3 is 19.5 Å². The number of rotatable bonds is 7. The SMILES string of the molecule is CCOC(=O)C(Cc1c(OC)cccc1[N+](=O)[O-])NC(=O)OC(C)(C)C. The average Bonchev–Trinajstić information content (AvgIpc) is 2.52. The summed E-state index contributed by atoms with van der Waals surface area (Å²) in [7, 11) is 1.36. The molecule has 0 fully saturated rings. The number of nitrogens with zero attached hydrogens (tertiary/aromatic N) is 1. The third-order valence-electron chi connectivity index (χ3n) is 3.20. The van der Waals surface area contributed by atoms with Gasteiger partial charge in [0.25, 0.3) is 5.69 Å². The van der Waals surface area contributed by atoms with E-state index in [1.54, 1.807) is 27.7 Å². The molecule has 26 heavy (non-hydrogen) atoms. The molecule has 9 nitrogen and oxygen atoms in total. The molecule has 0 spiro atoms. The lowest BCUT2D eigenvalue weighted by Crippen LogP contribution is -2.45. The van der Waals surface area contributed by atoms with Crippen molar-refractivity contribution in [3.05, 3.63) is 33.9 Å². The molecule has 0 heterocycles. The van der Waals surface area contributed by atoms with Gasteiger partial charge in [-0.3, -0.25) is 10.1 Å². The standard InChI is InChI=1S/C17H24N2O7/c1-6-25-15(20)12(18-16(21)26-17(2,3)4)10-11-13(19(22)23)8-7-9-14(11)24-5/h7-9,12H,6,10H2,1-5H3,(H,18,21). The van der Waals surface area contributed by atoms with Crippen molar-refractivity contribution < 1.29 is 28.7 Å². The number of ether oxygens (including phenoxy) is 3. The lowest BCUT2D eigenvalue weighted by Gasteiger charge is -2.23. The summed E-state index contributed by atoms with van der Waals surface area (Å²) in [5, 5.41) is 13.7. The van der Waals surface area contributed by atoms with Crippen LogP contribution in [-0.4, -0.2) is 42.3 Å². The van der Waals surface area contributed by atoms with Crippen molar-refractivity contribution in [1.29, 1.82) is 0 Å². The number of nitro benzene ring substituents is 1. The van der Waals surface area contributed by atoms with Crippen LogP contribution in [0, 0.1) is 10.1 Å². The molecule has 0 aliphatic carbocycles. The first-order valence-corrected chi connectivity index (χ1v) is 8.05. The van der Waals surface area contributed by atoms with E-state index in [2.05, 4.69) is 5.32 Å². The van der Waals surface area contributed by atoms with E-state index in [-0.39, 0.29) is 30.0 Å². The van der Waals surface area contributed by atoms with E-state index in [4.69, 9.17) is 14.2 Å². The Morgan fingerprint density at radius 1 is 1.31 bits per heavy atom. The highest BCUT2D eigenvalue weighted by atomic mass is 16.6. The monoisotopic (exact) mass is 368 g/mol. The molecule has 0 radical (unpaired) electrons. The maximum absolute atomic E-state index is 12.2. The van der Waals surface area contributed by atoms with Crippen LogP contribution >= 0.6 is 0 Å². The summed E-state index contributed by atoms with van der Waals surface area (Å²) in [6, 6.07) is 3.15. The third kappa shape index (κ3) is 6.23. The minimum absolute atomic E-state index is 0.0966. The lowest BCUT2D eigenvalue weighted by molar-refractivity contribution is -0.385. The van der Waals surface area contributed by atoms with Crippen LogP contribution in [0.4, 0.5) is 10.5 Å². The second kappa shape index (κ2) is 9.02. The second-order valence-corrected chi connectivity index (χ2v) is 6.37. The van der Waals surface area contributed by atoms with Gasteiger partial charge >= 0.3 is 12.1 Å². The topological polar surface area (TPSA) is 117 Å². The fraction of sp³-hybridized carbons (Fsp3) is 0.529. The molecular weight excluding hydrogens is 344 g/mol. The predicted octanol–water partition coefficient (Wildman–Crippen LogP) is 2.60. The highest BCUT2D eigenvalue weighted by molar-refractivity contribution is 5.82. The Bertz CT molecular complexity index is 668. The van der Waals surface area contributed by atoms with Crippen molar-refractivity contribution in [1.82, 2.24) is 5.32 Å². The summed E-state index contributed by atoms with van der Waals surface area (Å²) >= 11 is 0. The zero-order valence-corrected chi connectivity index (χ0v) is 15.5. The summed E-state index contributed by atoms with van der Waals surface area (Å²) in [6.07, 6.45) is -1.01. The smallest absolute Gasteiger partial charge is 0.408 e. The number of carbonyl (C=O) groups excluding carboxylic acids is 2. The summed E-state index contributed by atoms with van der Waals surface area (Å²) in [5.74, 6) is -0.488. The molecule has 0 aromatic heterocycles. The van der Waals surface area contributed by atoms with Crippen molar-refractivity contribution >= 4 is 17.7 Å². The van der Waals surface area contributed by atoms with Crippen LogP contribution < -0.4 is 10.1 Å². The van der Waals surface area contributed by atoms with E-state index in [0.717, 1.165) is 0 Å². The number of hydrogen-bond acceptors (Lipinski definition) is 7. The normalized spacial score (nSPS) is 12.0. The van der Waals surface area contributed by atoms with E-state index in [1.165, 1.54) is 25.3 Å². The Kier molecular flexibility index (Phi) is 7.36. The fourth-order valence-corrected chi connectivity index (χ4v) is 2.21. The van der Waals surface area contributed by atoms with Gasteiger partial charge in [0.05, 0.1) is 24.2 Å². The molecule has 1 rings (SSSR count). The van der Waals surface area contributed by atoms with Gasteiger partial charge in [-0.15, -0.1) is 0 Å². The van der Waals surface area contributed by atoms with Gasteiger partial charge in [0, 0.05) is 12.5 Å². The van der Waals surface area contributed by atoms with E-state index in [1.807, 2.05) is 0 Å². The number of esters is 1. The zero-order valence-electron chi connectivity index (χ0n) is 15.5. The van der Waals surface area contributed by atoms with Gasteiger partial charge in [-0.05, 0) is 33.8 Å². The van der Waals surface area contributed by atoms with E-state index in [0.29, 0.717) is 0 Å². The predicted molar refractivity (Wildman–Crippen MR) is 93.1 cm³/mol. The van der Waals surface area contributed by atoms with Crippen LogP contribution in [0.3, 0.4) is 0 Å². The van der Waals surface area contributed by atoms with Gasteiger partial charge in [0.1, 0.15) is 17.4 Å². The first-order chi connectivity index (χ1) is 12.1. The molecule has 9 heteroatoms. The molecule has 0 aliphatic rings. The van der Waals surface area contributed by atoms with Gasteiger partial charge in [-0.25, -0.2) is 9.59 Å². The molecule has 1 atom stereocenters. The highest BCUT2D eigenvalue weighted by Gasteiger charge is 2.30. The van der Waals surface area contributed by atoms with Gasteiger partial charge in [0.2, 0.25) is 0 Å². The minimum Gasteiger partial charge on any atom is -0.496 e. The van der Waals surface area contributed by atoms with E-state index >= 15 is 0 Å². The highest BCUT2D eigenvalue weighted by Crippen LogP contribution is 2.29. The molecule has 144 valence electrons. The molecule has 1 amide bonds. The molecule has 0 bridgehead atoms. The number of alkyl carbamates (subject to hydrolysis) is 1. The molecule has 0 saturated carbocycles. The molecular formula is C17H24N2O7. The maximum Gasteiger partial charge on any atom is 0.408 e. The quantitative estimate of drug-likeness (QED) is 0.446. The number of nitrogens with one attached hydrogen (secondary N) is 1. The minimum atomic E-state index is -1.17. The largest absolute Gasteiger partial charge is 0.496 e. The zero-order chi connectivity index (χ0) is 19.9. The number of carbonyl (C=O) groups is 2. The van der Waals surface area contributed by atoms with E-state index < -0.39 is 28.6 Å². The second-order valence-electron chi connectivity index (χ2n) is 6.37. The third-order valence-corrected chi connectivity index (χ3v) is 3.20. The Hall–Kier alpha value is -2.84. The average molecular weight is 368 g/mol. The maximum atomic E-state index is 12.2. The van der Waals surface area contributed by atoms with Crippen LogP contribution in [0.2, 0.25) is 0 Å². The fourth-order valence-electron chi connectivity index (χ4n) is 2.21. The summed E-state index contributed by atoms with van der Waals surface area (Å²) in [4.78, 5) is 35.0. The molecule has 0 aliphatic heterocycles. The van der Waals surface area contributed by atoms with Crippen LogP contribution in [-0.2, 0) is 20.7 Å². The van der Waals surface area contributed by atoms with Crippen molar-refractivity contribution in [2.24, 2.45) is 0 Å².